The number of benzene rings is 2. The van der Waals surface area contributed by atoms with Gasteiger partial charge in [-0.3, -0.25) is 4.79 Å². The number of amides is 1. The minimum absolute atomic E-state index is 0.154. The van der Waals surface area contributed by atoms with E-state index in [2.05, 4.69) is 20.3 Å². The summed E-state index contributed by atoms with van der Waals surface area (Å²) >= 11 is 0. The van der Waals surface area contributed by atoms with Gasteiger partial charge in [-0.2, -0.15) is 18.1 Å². The molecule has 0 aliphatic carbocycles. The number of aromatic amines is 2. The lowest BCUT2D eigenvalue weighted by Gasteiger charge is -2.20. The second-order valence-electron chi connectivity index (χ2n) is 9.43. The van der Waals surface area contributed by atoms with Crippen molar-refractivity contribution in [3.8, 4) is 5.75 Å². The number of imidazole rings is 1. The SMILES string of the molecule is CCc1nc(C[C@H](C(=O)N[C@@H](Cc2c[nH]c3ccccc23)C(=O)O)c2ccc3c(c2)OOC3)c[nH]1.O=C(O)C(F)(F)F. The van der Waals surface area contributed by atoms with Crippen molar-refractivity contribution in [2.75, 3.05) is 0 Å². The van der Waals surface area contributed by atoms with Gasteiger partial charge in [0.2, 0.25) is 5.91 Å². The molecule has 0 saturated carbocycles. The fourth-order valence-corrected chi connectivity index (χ4v) is 4.40. The standard InChI is InChI=1S/C26H26N4O5.C2HF3O2/c1-2-24-28-13-18(29-24)11-20(15-7-8-16-14-34-35-23(16)10-15)25(31)30-22(26(32)33)9-17-12-27-21-6-4-3-5-19(17)21;3-2(4,5)1(6)7/h3-8,10,12-13,20,22,27H,2,9,11,14H2,1H3,(H,28,29)(H,30,31)(H,32,33);(H,6,7)/t20-,22-;/m0./s1. The number of para-hydroxylation sites is 1. The molecule has 0 bridgehead atoms. The molecule has 0 fully saturated rings. The Bertz CT molecular complexity index is 1580. The fraction of sp³-hybridized carbons (Fsp3) is 0.286. The molecule has 1 amide bonds. The first kappa shape index (κ1) is 30.1. The van der Waals surface area contributed by atoms with E-state index in [-0.39, 0.29) is 6.42 Å². The Hall–Kier alpha value is -4.85. The molecule has 1 aliphatic heterocycles. The zero-order chi connectivity index (χ0) is 30.4. The van der Waals surface area contributed by atoms with Crippen molar-refractivity contribution < 1.29 is 47.5 Å². The van der Waals surface area contributed by atoms with Crippen LogP contribution in [0.2, 0.25) is 0 Å². The normalized spacial score (nSPS) is 13.8. The molecule has 2 atom stereocenters. The number of aromatic nitrogens is 3. The number of carboxylic acids is 2. The molecule has 222 valence electrons. The van der Waals surface area contributed by atoms with Gasteiger partial charge in [0.25, 0.3) is 0 Å². The number of carbonyl (C=O) groups is 3. The quantitative estimate of drug-likeness (QED) is 0.183. The molecule has 0 radical (unpaired) electrons. The van der Waals surface area contributed by atoms with Crippen LogP contribution in [0.5, 0.6) is 5.75 Å². The Morgan fingerprint density at radius 3 is 2.48 bits per heavy atom. The third kappa shape index (κ3) is 7.26. The number of aliphatic carboxylic acids is 2. The Kier molecular flexibility index (Phi) is 9.15. The van der Waals surface area contributed by atoms with Crippen LogP contribution < -0.4 is 10.2 Å². The number of H-pyrrole nitrogens is 2. The monoisotopic (exact) mass is 588 g/mol. The lowest BCUT2D eigenvalue weighted by atomic mass is 9.91. The first-order chi connectivity index (χ1) is 20.0. The molecule has 42 heavy (non-hydrogen) atoms. The average Bonchev–Trinajstić information content (AvgIpc) is 3.70. The summed E-state index contributed by atoms with van der Waals surface area (Å²) in [4.78, 5) is 55.6. The van der Waals surface area contributed by atoms with Crippen molar-refractivity contribution in [3.63, 3.8) is 0 Å². The van der Waals surface area contributed by atoms with Crippen LogP contribution in [0.4, 0.5) is 13.2 Å². The maximum atomic E-state index is 13.5. The highest BCUT2D eigenvalue weighted by molar-refractivity contribution is 5.89. The number of halogens is 3. The summed E-state index contributed by atoms with van der Waals surface area (Å²) in [7, 11) is 0. The van der Waals surface area contributed by atoms with Crippen LogP contribution in [0, 0.1) is 0 Å². The number of hydrogen-bond donors (Lipinski definition) is 5. The van der Waals surface area contributed by atoms with Crippen molar-refractivity contribution in [2.24, 2.45) is 0 Å². The molecular formula is C28H27F3N4O7. The van der Waals surface area contributed by atoms with Crippen molar-refractivity contribution in [3.05, 3.63) is 83.1 Å². The molecule has 5 N–H and O–H groups in total. The van der Waals surface area contributed by atoms with E-state index in [0.29, 0.717) is 24.3 Å². The van der Waals surface area contributed by atoms with Crippen LogP contribution in [0.3, 0.4) is 0 Å². The van der Waals surface area contributed by atoms with Gasteiger partial charge in [0.1, 0.15) is 18.5 Å². The number of carbonyl (C=O) groups excluding carboxylic acids is 1. The Morgan fingerprint density at radius 1 is 1.07 bits per heavy atom. The average molecular weight is 589 g/mol. The molecule has 5 rings (SSSR count). The Balaban J connectivity index is 0.000000517. The van der Waals surface area contributed by atoms with Gasteiger partial charge < -0.3 is 30.4 Å². The molecule has 1 aliphatic rings. The van der Waals surface area contributed by atoms with E-state index in [4.69, 9.17) is 19.7 Å². The number of fused-ring (bicyclic) bond motifs is 2. The third-order valence-electron chi connectivity index (χ3n) is 6.56. The number of alkyl halides is 3. The molecule has 4 aromatic rings. The van der Waals surface area contributed by atoms with E-state index in [1.165, 1.54) is 0 Å². The first-order valence-corrected chi connectivity index (χ1v) is 12.8. The summed E-state index contributed by atoms with van der Waals surface area (Å²) in [5, 5.41) is 20.7. The van der Waals surface area contributed by atoms with Gasteiger partial charge >= 0.3 is 18.1 Å². The highest BCUT2D eigenvalue weighted by atomic mass is 19.4. The number of aryl methyl sites for hydroxylation is 1. The summed E-state index contributed by atoms with van der Waals surface area (Å²) in [6, 6.07) is 12.1. The maximum Gasteiger partial charge on any atom is 0.490 e. The molecule has 14 heteroatoms. The second-order valence-corrected chi connectivity index (χ2v) is 9.43. The van der Waals surface area contributed by atoms with E-state index in [0.717, 1.165) is 40.0 Å². The molecule has 2 aromatic carbocycles. The zero-order valence-corrected chi connectivity index (χ0v) is 22.2. The molecule has 11 nitrogen and oxygen atoms in total. The van der Waals surface area contributed by atoms with Gasteiger partial charge in [-0.1, -0.05) is 37.3 Å². The van der Waals surface area contributed by atoms with E-state index >= 15 is 0 Å². The second kappa shape index (κ2) is 12.8. The lowest BCUT2D eigenvalue weighted by molar-refractivity contribution is -0.194. The minimum Gasteiger partial charge on any atom is -0.480 e. The van der Waals surface area contributed by atoms with Crippen LogP contribution in [0.1, 0.15) is 41.1 Å². The molecule has 2 aromatic heterocycles. The third-order valence-corrected chi connectivity index (χ3v) is 6.56. The molecule has 0 saturated heterocycles. The zero-order valence-electron chi connectivity index (χ0n) is 22.2. The van der Waals surface area contributed by atoms with Crippen molar-refractivity contribution in [1.82, 2.24) is 20.3 Å². The van der Waals surface area contributed by atoms with Crippen molar-refractivity contribution >= 4 is 28.7 Å². The van der Waals surface area contributed by atoms with Gasteiger partial charge in [0.15, 0.2) is 5.75 Å². The topological polar surface area (TPSA) is 167 Å². The van der Waals surface area contributed by atoms with E-state index in [1.54, 1.807) is 18.5 Å². The summed E-state index contributed by atoms with van der Waals surface area (Å²) < 4.78 is 31.7. The number of hydrogen-bond acceptors (Lipinski definition) is 6. The van der Waals surface area contributed by atoms with Crippen molar-refractivity contribution in [2.45, 2.75) is 50.9 Å². The molecule has 0 unspecified atom stereocenters. The predicted molar refractivity (Wildman–Crippen MR) is 142 cm³/mol. The van der Waals surface area contributed by atoms with Crippen LogP contribution in [0.15, 0.2) is 54.9 Å². The van der Waals surface area contributed by atoms with Gasteiger partial charge in [-0.15, -0.1) is 0 Å². The minimum atomic E-state index is -5.08. The number of nitrogens with one attached hydrogen (secondary N) is 3. The Labute approximate surface area is 236 Å². The summed E-state index contributed by atoms with van der Waals surface area (Å²) in [6.07, 6.45) is -0.305. The van der Waals surface area contributed by atoms with E-state index in [9.17, 15) is 27.9 Å². The maximum absolute atomic E-state index is 13.5. The van der Waals surface area contributed by atoms with Crippen LogP contribution >= 0.6 is 0 Å². The molecular weight excluding hydrogens is 561 g/mol. The van der Waals surface area contributed by atoms with Gasteiger partial charge in [-0.05, 0) is 23.3 Å². The summed E-state index contributed by atoms with van der Waals surface area (Å²) in [5.74, 6) is -3.52. The van der Waals surface area contributed by atoms with Crippen LogP contribution in [-0.2, 0) is 45.1 Å². The first-order valence-electron chi connectivity index (χ1n) is 12.8. The smallest absolute Gasteiger partial charge is 0.480 e. The van der Waals surface area contributed by atoms with E-state index in [1.807, 2.05) is 43.3 Å². The number of rotatable bonds is 9. The lowest BCUT2D eigenvalue weighted by Crippen LogP contribution is -2.44. The van der Waals surface area contributed by atoms with Gasteiger partial charge in [-0.25, -0.2) is 14.6 Å². The molecule has 3 heterocycles. The highest BCUT2D eigenvalue weighted by Crippen LogP contribution is 2.31. The van der Waals surface area contributed by atoms with E-state index < -0.39 is 36.0 Å². The summed E-state index contributed by atoms with van der Waals surface area (Å²) in [6.45, 7) is 2.34. The Morgan fingerprint density at radius 2 is 1.81 bits per heavy atom. The molecule has 0 spiro atoms. The van der Waals surface area contributed by atoms with Crippen molar-refractivity contribution in [1.29, 1.82) is 0 Å². The van der Waals surface area contributed by atoms with Crippen LogP contribution in [-0.4, -0.2) is 55.2 Å². The van der Waals surface area contributed by atoms with Gasteiger partial charge in [0.05, 0.1) is 11.6 Å². The van der Waals surface area contributed by atoms with Gasteiger partial charge in [0, 0.05) is 48.1 Å². The predicted octanol–water partition coefficient (Wildman–Crippen LogP) is 4.05. The summed E-state index contributed by atoms with van der Waals surface area (Å²) in [5.41, 5.74) is 4.06. The largest absolute Gasteiger partial charge is 0.490 e. The number of carboxylic acid groups (broad SMARTS) is 2. The number of nitrogens with zero attached hydrogens (tertiary/aromatic N) is 1. The highest BCUT2D eigenvalue weighted by Gasteiger charge is 2.38. The van der Waals surface area contributed by atoms with Crippen LogP contribution in [0.25, 0.3) is 10.9 Å². The fourth-order valence-electron chi connectivity index (χ4n) is 4.40.